The fraction of sp³-hybridized carbons (Fsp3) is 0.273. The molecular formula is C11H13N3O4. The normalized spacial score (nSPS) is 10.8. The maximum atomic E-state index is 11.7. The van der Waals surface area contributed by atoms with Crippen molar-refractivity contribution in [2.75, 3.05) is 0 Å². The average molecular weight is 251 g/mol. The van der Waals surface area contributed by atoms with Gasteiger partial charge >= 0.3 is 5.97 Å². The highest BCUT2D eigenvalue weighted by atomic mass is 16.4. The van der Waals surface area contributed by atoms with Crippen LogP contribution in [0, 0.1) is 0 Å². The highest BCUT2D eigenvalue weighted by Gasteiger charge is 2.27. The molecule has 1 rings (SSSR count). The van der Waals surface area contributed by atoms with Crippen molar-refractivity contribution in [1.82, 2.24) is 10.3 Å². The van der Waals surface area contributed by atoms with Gasteiger partial charge in [0.1, 0.15) is 11.2 Å². The van der Waals surface area contributed by atoms with E-state index >= 15 is 0 Å². The Morgan fingerprint density at radius 3 is 2.33 bits per heavy atom. The Balaban J connectivity index is 2.86. The SMILES string of the molecule is CC(C)(NC(=O)c1ccc(C(=O)O)nc1)C(N)=O. The lowest BCUT2D eigenvalue weighted by Crippen LogP contribution is -2.53. The van der Waals surface area contributed by atoms with E-state index in [2.05, 4.69) is 10.3 Å². The van der Waals surface area contributed by atoms with E-state index in [0.29, 0.717) is 0 Å². The molecule has 0 spiro atoms. The fourth-order valence-electron chi connectivity index (χ4n) is 1.07. The molecule has 4 N–H and O–H groups in total. The van der Waals surface area contributed by atoms with Crippen molar-refractivity contribution in [2.45, 2.75) is 19.4 Å². The number of nitrogens with two attached hydrogens (primary N) is 1. The molecule has 0 bridgehead atoms. The van der Waals surface area contributed by atoms with E-state index in [9.17, 15) is 14.4 Å². The number of carbonyl (C=O) groups excluding carboxylic acids is 2. The van der Waals surface area contributed by atoms with Crippen LogP contribution in [-0.4, -0.2) is 33.4 Å². The van der Waals surface area contributed by atoms with Crippen LogP contribution in [0.15, 0.2) is 18.3 Å². The Kier molecular flexibility index (Phi) is 3.65. The number of rotatable bonds is 4. The van der Waals surface area contributed by atoms with E-state index in [1.807, 2.05) is 0 Å². The summed E-state index contributed by atoms with van der Waals surface area (Å²) in [6, 6.07) is 2.51. The van der Waals surface area contributed by atoms with Gasteiger partial charge in [0.15, 0.2) is 0 Å². The van der Waals surface area contributed by atoms with Crippen LogP contribution < -0.4 is 11.1 Å². The van der Waals surface area contributed by atoms with Crippen molar-refractivity contribution in [3.8, 4) is 0 Å². The molecule has 0 saturated carbocycles. The van der Waals surface area contributed by atoms with Crippen LogP contribution in [-0.2, 0) is 4.79 Å². The zero-order valence-corrected chi connectivity index (χ0v) is 9.93. The van der Waals surface area contributed by atoms with Gasteiger partial charge < -0.3 is 16.2 Å². The molecular weight excluding hydrogens is 238 g/mol. The summed E-state index contributed by atoms with van der Waals surface area (Å²) < 4.78 is 0. The summed E-state index contributed by atoms with van der Waals surface area (Å²) in [5.74, 6) is -2.41. The van der Waals surface area contributed by atoms with Crippen molar-refractivity contribution in [1.29, 1.82) is 0 Å². The van der Waals surface area contributed by atoms with E-state index in [-0.39, 0.29) is 11.3 Å². The summed E-state index contributed by atoms with van der Waals surface area (Å²) in [6.07, 6.45) is 1.12. The van der Waals surface area contributed by atoms with Gasteiger partial charge in [-0.15, -0.1) is 0 Å². The third kappa shape index (κ3) is 3.03. The summed E-state index contributed by atoms with van der Waals surface area (Å²) in [5, 5.41) is 11.1. The summed E-state index contributed by atoms with van der Waals surface area (Å²) >= 11 is 0. The highest BCUT2D eigenvalue weighted by Crippen LogP contribution is 2.05. The first-order chi connectivity index (χ1) is 8.24. The maximum absolute atomic E-state index is 11.7. The monoisotopic (exact) mass is 251 g/mol. The molecule has 7 heteroatoms. The van der Waals surface area contributed by atoms with Crippen molar-refractivity contribution in [3.63, 3.8) is 0 Å². The van der Waals surface area contributed by atoms with Crippen molar-refractivity contribution in [3.05, 3.63) is 29.6 Å². The zero-order valence-electron chi connectivity index (χ0n) is 9.93. The number of hydrogen-bond acceptors (Lipinski definition) is 4. The topological polar surface area (TPSA) is 122 Å². The van der Waals surface area contributed by atoms with Crippen molar-refractivity contribution in [2.24, 2.45) is 5.73 Å². The molecule has 0 aliphatic rings. The van der Waals surface area contributed by atoms with Crippen LogP contribution in [0.1, 0.15) is 34.7 Å². The van der Waals surface area contributed by atoms with Crippen LogP contribution in [0.25, 0.3) is 0 Å². The number of carboxylic acids is 1. The lowest BCUT2D eigenvalue weighted by molar-refractivity contribution is -0.122. The number of pyridine rings is 1. The van der Waals surface area contributed by atoms with Crippen LogP contribution in [0.3, 0.4) is 0 Å². The lowest BCUT2D eigenvalue weighted by atomic mass is 10.0. The van der Waals surface area contributed by atoms with E-state index in [4.69, 9.17) is 10.8 Å². The number of hydrogen-bond donors (Lipinski definition) is 3. The molecule has 0 atom stereocenters. The highest BCUT2D eigenvalue weighted by molar-refractivity contribution is 5.98. The summed E-state index contributed by atoms with van der Waals surface area (Å²) in [4.78, 5) is 37.0. The minimum atomic E-state index is -1.19. The number of aromatic nitrogens is 1. The number of nitrogens with zero attached hydrogens (tertiary/aromatic N) is 1. The third-order valence-corrected chi connectivity index (χ3v) is 2.29. The number of nitrogens with one attached hydrogen (secondary N) is 1. The largest absolute Gasteiger partial charge is 0.477 e. The van der Waals surface area contributed by atoms with Gasteiger partial charge in [-0.25, -0.2) is 9.78 Å². The van der Waals surface area contributed by atoms with Crippen LogP contribution >= 0.6 is 0 Å². The molecule has 0 saturated heterocycles. The molecule has 18 heavy (non-hydrogen) atoms. The van der Waals surface area contributed by atoms with E-state index in [1.54, 1.807) is 0 Å². The van der Waals surface area contributed by atoms with E-state index in [1.165, 1.54) is 26.0 Å². The lowest BCUT2D eigenvalue weighted by Gasteiger charge is -2.22. The Morgan fingerprint density at radius 1 is 1.33 bits per heavy atom. The summed E-state index contributed by atoms with van der Waals surface area (Å²) in [6.45, 7) is 2.93. The van der Waals surface area contributed by atoms with Crippen molar-refractivity contribution < 1.29 is 19.5 Å². The molecule has 96 valence electrons. The molecule has 0 unspecified atom stereocenters. The number of primary amides is 1. The van der Waals surface area contributed by atoms with Gasteiger partial charge in [-0.2, -0.15) is 0 Å². The minimum Gasteiger partial charge on any atom is -0.477 e. The predicted molar refractivity (Wildman–Crippen MR) is 61.9 cm³/mol. The number of amides is 2. The van der Waals surface area contributed by atoms with Gasteiger partial charge in [0.05, 0.1) is 5.56 Å². The van der Waals surface area contributed by atoms with Gasteiger partial charge in [0.25, 0.3) is 5.91 Å². The molecule has 0 fully saturated rings. The molecule has 0 aromatic carbocycles. The Labute approximate surface area is 103 Å². The Bertz CT molecular complexity index is 494. The second kappa shape index (κ2) is 4.82. The van der Waals surface area contributed by atoms with Crippen LogP contribution in [0.4, 0.5) is 0 Å². The molecule has 0 radical (unpaired) electrons. The fourth-order valence-corrected chi connectivity index (χ4v) is 1.07. The van der Waals surface area contributed by atoms with E-state index in [0.717, 1.165) is 6.20 Å². The zero-order chi connectivity index (χ0) is 13.9. The van der Waals surface area contributed by atoms with Crippen LogP contribution in [0.5, 0.6) is 0 Å². The first-order valence-corrected chi connectivity index (χ1v) is 5.06. The molecule has 2 amide bonds. The second-order valence-corrected chi connectivity index (χ2v) is 4.18. The van der Waals surface area contributed by atoms with Gasteiger partial charge in [0, 0.05) is 6.20 Å². The van der Waals surface area contributed by atoms with Gasteiger partial charge in [-0.05, 0) is 26.0 Å². The molecule has 1 aromatic rings. The Morgan fingerprint density at radius 2 is 1.94 bits per heavy atom. The van der Waals surface area contributed by atoms with Crippen molar-refractivity contribution >= 4 is 17.8 Å². The van der Waals surface area contributed by atoms with Gasteiger partial charge in [0.2, 0.25) is 5.91 Å². The maximum Gasteiger partial charge on any atom is 0.354 e. The quantitative estimate of drug-likeness (QED) is 0.682. The third-order valence-electron chi connectivity index (χ3n) is 2.29. The predicted octanol–water partition coefficient (Wildman–Crippen LogP) is -0.227. The standard InChI is InChI=1S/C11H13N3O4/c1-11(2,10(12)18)14-8(15)6-3-4-7(9(16)17)13-5-6/h3-5H,1-2H3,(H2,12,18)(H,14,15)(H,16,17). The molecule has 7 nitrogen and oxygen atoms in total. The minimum absolute atomic E-state index is 0.148. The van der Waals surface area contributed by atoms with Crippen LogP contribution in [0.2, 0.25) is 0 Å². The number of carbonyl (C=O) groups is 3. The molecule has 1 heterocycles. The molecule has 0 aliphatic heterocycles. The first kappa shape index (κ1) is 13.6. The second-order valence-electron chi connectivity index (χ2n) is 4.18. The van der Waals surface area contributed by atoms with Gasteiger partial charge in [-0.1, -0.05) is 0 Å². The smallest absolute Gasteiger partial charge is 0.354 e. The Hall–Kier alpha value is -2.44. The van der Waals surface area contributed by atoms with Gasteiger partial charge in [-0.3, -0.25) is 9.59 Å². The number of carboxylic acid groups (broad SMARTS) is 1. The average Bonchev–Trinajstić information content (AvgIpc) is 2.28. The first-order valence-electron chi connectivity index (χ1n) is 5.06. The summed E-state index contributed by atoms with van der Waals surface area (Å²) in [5.41, 5.74) is 3.90. The summed E-state index contributed by atoms with van der Waals surface area (Å²) in [7, 11) is 0. The van der Waals surface area contributed by atoms with E-state index < -0.39 is 23.3 Å². The molecule has 1 aromatic heterocycles. The number of aromatic carboxylic acids is 1. The molecule has 0 aliphatic carbocycles.